The molecule has 0 atom stereocenters. The second-order valence-corrected chi connectivity index (χ2v) is 4.31. The predicted molar refractivity (Wildman–Crippen MR) is 77.0 cm³/mol. The molecule has 2 aromatic rings. The summed E-state index contributed by atoms with van der Waals surface area (Å²) in [5, 5.41) is 12.3. The van der Waals surface area contributed by atoms with Gasteiger partial charge in [-0.1, -0.05) is 42.5 Å². The summed E-state index contributed by atoms with van der Waals surface area (Å²) in [5.74, 6) is -0.570. The summed E-state index contributed by atoms with van der Waals surface area (Å²) in [4.78, 5) is 11.0. The monoisotopic (exact) mass is 271 g/mol. The zero-order valence-corrected chi connectivity index (χ0v) is 11.1. The third-order valence-electron chi connectivity index (χ3n) is 2.83. The molecule has 4 nitrogen and oxygen atoms in total. The molecule has 0 aromatic heterocycles. The molecule has 2 rings (SSSR count). The Kier molecular flexibility index (Phi) is 5.15. The van der Waals surface area contributed by atoms with Gasteiger partial charge in [0.25, 0.3) is 0 Å². The van der Waals surface area contributed by atoms with Crippen LogP contribution in [-0.2, 0) is 6.54 Å². The summed E-state index contributed by atoms with van der Waals surface area (Å²) in [6, 6.07) is 16.7. The van der Waals surface area contributed by atoms with Crippen LogP contribution in [0.1, 0.15) is 15.9 Å². The standard InChI is InChI=1S/C16H17NO3/c18-16(19)14-8-4-5-9-15(14)20-11-10-17-12-13-6-2-1-3-7-13/h1-9,17H,10-12H2,(H,18,19). The van der Waals surface area contributed by atoms with Gasteiger partial charge >= 0.3 is 5.97 Å². The lowest BCUT2D eigenvalue weighted by atomic mass is 10.2. The molecule has 104 valence electrons. The fraction of sp³-hybridized carbons (Fsp3) is 0.188. The Labute approximate surface area is 118 Å². The minimum absolute atomic E-state index is 0.190. The molecule has 0 aliphatic carbocycles. The van der Waals surface area contributed by atoms with E-state index in [1.807, 2.05) is 30.3 Å². The van der Waals surface area contributed by atoms with E-state index < -0.39 is 5.97 Å². The van der Waals surface area contributed by atoms with Gasteiger partial charge in [0.15, 0.2) is 0 Å². The third-order valence-corrected chi connectivity index (χ3v) is 2.83. The van der Waals surface area contributed by atoms with Crippen LogP contribution in [0, 0.1) is 0 Å². The molecule has 0 radical (unpaired) electrons. The molecule has 0 bridgehead atoms. The molecule has 0 saturated heterocycles. The Morgan fingerprint density at radius 2 is 1.75 bits per heavy atom. The summed E-state index contributed by atoms with van der Waals surface area (Å²) in [6.45, 7) is 1.85. The van der Waals surface area contributed by atoms with Gasteiger partial charge in [-0.05, 0) is 17.7 Å². The van der Waals surface area contributed by atoms with Crippen molar-refractivity contribution in [2.45, 2.75) is 6.54 Å². The Hall–Kier alpha value is -2.33. The smallest absolute Gasteiger partial charge is 0.339 e. The Balaban J connectivity index is 1.75. The topological polar surface area (TPSA) is 58.6 Å². The first-order valence-corrected chi connectivity index (χ1v) is 6.47. The second-order valence-electron chi connectivity index (χ2n) is 4.31. The first-order valence-electron chi connectivity index (χ1n) is 6.47. The van der Waals surface area contributed by atoms with Crippen molar-refractivity contribution in [3.05, 3.63) is 65.7 Å². The van der Waals surface area contributed by atoms with Crippen LogP contribution < -0.4 is 10.1 Å². The van der Waals surface area contributed by atoms with E-state index in [2.05, 4.69) is 5.32 Å². The second kappa shape index (κ2) is 7.31. The summed E-state index contributed by atoms with van der Waals surface area (Å²) >= 11 is 0. The first-order chi connectivity index (χ1) is 9.77. The molecule has 0 spiro atoms. The fourth-order valence-electron chi connectivity index (χ4n) is 1.83. The molecule has 4 heteroatoms. The molecule has 0 saturated carbocycles. The number of para-hydroxylation sites is 1. The zero-order chi connectivity index (χ0) is 14.2. The van der Waals surface area contributed by atoms with Gasteiger partial charge in [0.05, 0.1) is 0 Å². The fourth-order valence-corrected chi connectivity index (χ4v) is 1.83. The van der Waals surface area contributed by atoms with Gasteiger partial charge in [0, 0.05) is 13.1 Å². The first kappa shape index (κ1) is 14.1. The molecule has 0 amide bonds. The highest BCUT2D eigenvalue weighted by molar-refractivity contribution is 5.90. The average molecular weight is 271 g/mol. The van der Waals surface area contributed by atoms with Gasteiger partial charge in [-0.25, -0.2) is 4.79 Å². The van der Waals surface area contributed by atoms with Crippen molar-refractivity contribution in [1.29, 1.82) is 0 Å². The van der Waals surface area contributed by atoms with Crippen LogP contribution in [-0.4, -0.2) is 24.2 Å². The molecule has 0 unspecified atom stereocenters. The van der Waals surface area contributed by atoms with Gasteiger partial charge in [-0.2, -0.15) is 0 Å². The van der Waals surface area contributed by atoms with Gasteiger partial charge < -0.3 is 15.2 Å². The van der Waals surface area contributed by atoms with E-state index >= 15 is 0 Å². The van der Waals surface area contributed by atoms with Crippen LogP contribution in [0.15, 0.2) is 54.6 Å². The lowest BCUT2D eigenvalue weighted by molar-refractivity contribution is 0.0692. The molecule has 0 heterocycles. The van der Waals surface area contributed by atoms with Crippen molar-refractivity contribution >= 4 is 5.97 Å². The van der Waals surface area contributed by atoms with Gasteiger partial charge in [0.2, 0.25) is 0 Å². The quantitative estimate of drug-likeness (QED) is 0.760. The molecular formula is C16H17NO3. The van der Waals surface area contributed by atoms with E-state index in [9.17, 15) is 4.79 Å². The van der Waals surface area contributed by atoms with E-state index in [0.717, 1.165) is 6.54 Å². The van der Waals surface area contributed by atoms with Crippen LogP contribution in [0.4, 0.5) is 0 Å². The van der Waals surface area contributed by atoms with Gasteiger partial charge in [-0.3, -0.25) is 0 Å². The Bertz CT molecular complexity index is 555. The minimum Gasteiger partial charge on any atom is -0.491 e. The number of hydrogen-bond donors (Lipinski definition) is 2. The van der Waals surface area contributed by atoms with Crippen LogP contribution >= 0.6 is 0 Å². The molecular weight excluding hydrogens is 254 g/mol. The normalized spacial score (nSPS) is 10.2. The van der Waals surface area contributed by atoms with E-state index in [-0.39, 0.29) is 5.56 Å². The van der Waals surface area contributed by atoms with Crippen molar-refractivity contribution < 1.29 is 14.6 Å². The van der Waals surface area contributed by atoms with Crippen LogP contribution in [0.5, 0.6) is 5.75 Å². The summed E-state index contributed by atoms with van der Waals surface area (Å²) in [5.41, 5.74) is 1.40. The lowest BCUT2D eigenvalue weighted by Crippen LogP contribution is -2.21. The number of ether oxygens (including phenoxy) is 1. The van der Waals surface area contributed by atoms with Crippen molar-refractivity contribution in [2.24, 2.45) is 0 Å². The van der Waals surface area contributed by atoms with Crippen LogP contribution in [0.25, 0.3) is 0 Å². The maximum absolute atomic E-state index is 11.0. The number of hydrogen-bond acceptors (Lipinski definition) is 3. The van der Waals surface area contributed by atoms with Crippen LogP contribution in [0.3, 0.4) is 0 Å². The molecule has 20 heavy (non-hydrogen) atoms. The Morgan fingerprint density at radius 1 is 1.05 bits per heavy atom. The van der Waals surface area contributed by atoms with E-state index in [1.54, 1.807) is 18.2 Å². The summed E-state index contributed by atoms with van der Waals surface area (Å²) in [6.07, 6.45) is 0. The SMILES string of the molecule is O=C(O)c1ccccc1OCCNCc1ccccc1. The number of carboxylic acid groups (broad SMARTS) is 1. The number of rotatable bonds is 7. The molecule has 0 fully saturated rings. The number of aromatic carboxylic acids is 1. The van der Waals surface area contributed by atoms with Gasteiger partial charge in [0.1, 0.15) is 17.9 Å². The van der Waals surface area contributed by atoms with Crippen molar-refractivity contribution in [1.82, 2.24) is 5.32 Å². The molecule has 0 aliphatic rings. The van der Waals surface area contributed by atoms with E-state index in [1.165, 1.54) is 11.6 Å². The van der Waals surface area contributed by atoms with E-state index in [0.29, 0.717) is 18.9 Å². The van der Waals surface area contributed by atoms with Crippen molar-refractivity contribution in [3.63, 3.8) is 0 Å². The van der Waals surface area contributed by atoms with Crippen molar-refractivity contribution in [3.8, 4) is 5.75 Å². The predicted octanol–water partition coefficient (Wildman–Crippen LogP) is 2.55. The van der Waals surface area contributed by atoms with Crippen LogP contribution in [0.2, 0.25) is 0 Å². The zero-order valence-electron chi connectivity index (χ0n) is 11.1. The number of carboxylic acids is 1. The number of nitrogens with one attached hydrogen (secondary N) is 1. The lowest BCUT2D eigenvalue weighted by Gasteiger charge is -2.09. The highest BCUT2D eigenvalue weighted by Crippen LogP contribution is 2.17. The Morgan fingerprint density at radius 3 is 2.50 bits per heavy atom. The molecule has 0 aliphatic heterocycles. The highest BCUT2D eigenvalue weighted by atomic mass is 16.5. The average Bonchev–Trinajstić information content (AvgIpc) is 2.48. The largest absolute Gasteiger partial charge is 0.491 e. The minimum atomic E-state index is -0.974. The van der Waals surface area contributed by atoms with E-state index in [4.69, 9.17) is 9.84 Å². The summed E-state index contributed by atoms with van der Waals surface area (Å²) in [7, 11) is 0. The van der Waals surface area contributed by atoms with Crippen molar-refractivity contribution in [2.75, 3.05) is 13.2 Å². The summed E-state index contributed by atoms with van der Waals surface area (Å²) < 4.78 is 5.49. The number of carbonyl (C=O) groups is 1. The number of benzene rings is 2. The van der Waals surface area contributed by atoms with Gasteiger partial charge in [-0.15, -0.1) is 0 Å². The third kappa shape index (κ3) is 4.10. The molecule has 2 N–H and O–H groups in total. The highest BCUT2D eigenvalue weighted by Gasteiger charge is 2.09. The molecule has 2 aromatic carbocycles. The maximum Gasteiger partial charge on any atom is 0.339 e. The maximum atomic E-state index is 11.0.